The third kappa shape index (κ3) is 2.72. The van der Waals surface area contributed by atoms with Crippen molar-refractivity contribution in [1.29, 1.82) is 0 Å². The molecule has 0 aromatic heterocycles. The molecular weight excluding hydrogens is 154 g/mol. The fraction of sp³-hybridized carbons (Fsp3) is 0.556. The van der Waals surface area contributed by atoms with Crippen LogP contribution >= 0.6 is 11.8 Å². The molecule has 0 saturated carbocycles. The van der Waals surface area contributed by atoms with Gasteiger partial charge in [-0.15, -0.1) is 0 Å². The Morgan fingerprint density at radius 2 is 2.45 bits per heavy atom. The summed E-state index contributed by atoms with van der Waals surface area (Å²) in [6.07, 6.45) is 9.55. The minimum atomic E-state index is -0.109. The Kier molecular flexibility index (Phi) is 2.79. The first-order valence-corrected chi connectivity index (χ1v) is 5.19. The lowest BCUT2D eigenvalue weighted by Crippen LogP contribution is -2.34. The Bertz CT molecular complexity index is 192. The summed E-state index contributed by atoms with van der Waals surface area (Å²) in [6.45, 7) is 2.05. The molecule has 1 nitrogen and oxygen atoms in total. The SMILES string of the molecule is CSCC1=CCC(C)(N)C=C1. The second-order valence-electron chi connectivity index (χ2n) is 3.26. The van der Waals surface area contributed by atoms with Crippen molar-refractivity contribution in [2.75, 3.05) is 12.0 Å². The van der Waals surface area contributed by atoms with Crippen molar-refractivity contribution in [1.82, 2.24) is 0 Å². The van der Waals surface area contributed by atoms with Gasteiger partial charge in [-0.05, 0) is 25.2 Å². The summed E-state index contributed by atoms with van der Waals surface area (Å²) >= 11 is 1.85. The quantitative estimate of drug-likeness (QED) is 0.684. The smallest absolute Gasteiger partial charge is 0.0348 e. The average molecular weight is 169 g/mol. The molecule has 0 aromatic rings. The maximum Gasteiger partial charge on any atom is 0.0348 e. The Morgan fingerprint density at radius 3 is 2.91 bits per heavy atom. The van der Waals surface area contributed by atoms with Crippen LogP contribution in [0, 0.1) is 0 Å². The lowest BCUT2D eigenvalue weighted by Gasteiger charge is -2.22. The van der Waals surface area contributed by atoms with Gasteiger partial charge in [-0.25, -0.2) is 0 Å². The van der Waals surface area contributed by atoms with Crippen molar-refractivity contribution in [3.05, 3.63) is 23.8 Å². The van der Waals surface area contributed by atoms with E-state index in [0.717, 1.165) is 12.2 Å². The molecule has 62 valence electrons. The summed E-state index contributed by atoms with van der Waals surface area (Å²) in [5.74, 6) is 1.10. The number of allylic oxidation sites excluding steroid dienone is 1. The van der Waals surface area contributed by atoms with E-state index in [0.29, 0.717) is 0 Å². The molecule has 0 aromatic carbocycles. The Labute approximate surface area is 72.7 Å². The normalized spacial score (nSPS) is 30.3. The van der Waals surface area contributed by atoms with Gasteiger partial charge in [0, 0.05) is 11.3 Å². The van der Waals surface area contributed by atoms with E-state index in [9.17, 15) is 0 Å². The van der Waals surface area contributed by atoms with Gasteiger partial charge in [0.25, 0.3) is 0 Å². The highest BCUT2D eigenvalue weighted by Crippen LogP contribution is 2.19. The topological polar surface area (TPSA) is 26.0 Å². The molecule has 0 fully saturated rings. The minimum absolute atomic E-state index is 0.109. The number of hydrogen-bond acceptors (Lipinski definition) is 2. The van der Waals surface area contributed by atoms with Gasteiger partial charge in [-0.1, -0.05) is 18.2 Å². The summed E-state index contributed by atoms with van der Waals surface area (Å²) in [6, 6.07) is 0. The van der Waals surface area contributed by atoms with Crippen molar-refractivity contribution >= 4 is 11.8 Å². The van der Waals surface area contributed by atoms with E-state index in [4.69, 9.17) is 5.73 Å². The highest BCUT2D eigenvalue weighted by molar-refractivity contribution is 7.98. The zero-order valence-corrected chi connectivity index (χ0v) is 7.95. The van der Waals surface area contributed by atoms with Gasteiger partial charge in [0.05, 0.1) is 0 Å². The van der Waals surface area contributed by atoms with Crippen LogP contribution in [0.4, 0.5) is 0 Å². The van der Waals surface area contributed by atoms with E-state index < -0.39 is 0 Å². The molecule has 11 heavy (non-hydrogen) atoms. The van der Waals surface area contributed by atoms with Crippen LogP contribution in [-0.4, -0.2) is 17.5 Å². The fourth-order valence-electron chi connectivity index (χ4n) is 1.06. The molecule has 0 radical (unpaired) electrons. The van der Waals surface area contributed by atoms with E-state index in [2.05, 4.69) is 31.4 Å². The summed E-state index contributed by atoms with van der Waals surface area (Å²) in [4.78, 5) is 0. The van der Waals surface area contributed by atoms with Gasteiger partial charge in [0.2, 0.25) is 0 Å². The third-order valence-corrected chi connectivity index (χ3v) is 2.42. The zero-order chi connectivity index (χ0) is 8.32. The maximum absolute atomic E-state index is 5.90. The largest absolute Gasteiger partial charge is 0.322 e. The van der Waals surface area contributed by atoms with Crippen LogP contribution in [0.25, 0.3) is 0 Å². The van der Waals surface area contributed by atoms with E-state index in [-0.39, 0.29) is 5.54 Å². The molecule has 2 heteroatoms. The van der Waals surface area contributed by atoms with E-state index in [1.807, 2.05) is 11.8 Å². The second-order valence-corrected chi connectivity index (χ2v) is 4.12. The molecule has 1 unspecified atom stereocenters. The van der Waals surface area contributed by atoms with Crippen molar-refractivity contribution in [3.8, 4) is 0 Å². The van der Waals surface area contributed by atoms with Crippen LogP contribution in [0.15, 0.2) is 23.8 Å². The summed E-state index contributed by atoms with van der Waals surface area (Å²) in [5, 5.41) is 0. The van der Waals surface area contributed by atoms with Gasteiger partial charge < -0.3 is 5.73 Å². The van der Waals surface area contributed by atoms with Gasteiger partial charge in [-0.3, -0.25) is 0 Å². The van der Waals surface area contributed by atoms with Gasteiger partial charge >= 0.3 is 0 Å². The summed E-state index contributed by atoms with van der Waals surface area (Å²) in [5.41, 5.74) is 7.19. The van der Waals surface area contributed by atoms with Crippen LogP contribution in [-0.2, 0) is 0 Å². The number of nitrogens with two attached hydrogens (primary N) is 1. The molecule has 0 aliphatic heterocycles. The van der Waals surface area contributed by atoms with Crippen molar-refractivity contribution < 1.29 is 0 Å². The molecule has 1 rings (SSSR count). The van der Waals surface area contributed by atoms with Crippen molar-refractivity contribution in [3.63, 3.8) is 0 Å². The highest BCUT2D eigenvalue weighted by atomic mass is 32.2. The van der Waals surface area contributed by atoms with Crippen LogP contribution in [0.3, 0.4) is 0 Å². The van der Waals surface area contributed by atoms with Crippen LogP contribution < -0.4 is 5.73 Å². The van der Waals surface area contributed by atoms with Gasteiger partial charge in [0.1, 0.15) is 0 Å². The molecule has 0 spiro atoms. The molecule has 1 aliphatic carbocycles. The van der Waals surface area contributed by atoms with Crippen LogP contribution in [0.2, 0.25) is 0 Å². The molecule has 0 saturated heterocycles. The number of thioether (sulfide) groups is 1. The Morgan fingerprint density at radius 1 is 1.73 bits per heavy atom. The standard InChI is InChI=1S/C9H15NS/c1-9(10)5-3-8(4-6-9)7-11-2/h3-5H,6-7,10H2,1-2H3. The predicted molar refractivity (Wildman–Crippen MR) is 52.8 cm³/mol. The molecular formula is C9H15NS. The molecule has 1 aliphatic rings. The fourth-order valence-corrected chi connectivity index (χ4v) is 1.61. The Balaban J connectivity index is 2.53. The van der Waals surface area contributed by atoms with Crippen molar-refractivity contribution in [2.45, 2.75) is 18.9 Å². The Hall–Kier alpha value is -0.210. The van der Waals surface area contributed by atoms with E-state index >= 15 is 0 Å². The summed E-state index contributed by atoms with van der Waals surface area (Å²) < 4.78 is 0. The second kappa shape index (κ2) is 3.46. The zero-order valence-electron chi connectivity index (χ0n) is 7.13. The molecule has 2 N–H and O–H groups in total. The monoisotopic (exact) mass is 169 g/mol. The minimum Gasteiger partial charge on any atom is -0.322 e. The number of hydrogen-bond donors (Lipinski definition) is 1. The first kappa shape index (κ1) is 8.88. The van der Waals surface area contributed by atoms with Crippen LogP contribution in [0.5, 0.6) is 0 Å². The van der Waals surface area contributed by atoms with E-state index in [1.54, 1.807) is 0 Å². The summed E-state index contributed by atoms with van der Waals surface area (Å²) in [7, 11) is 0. The van der Waals surface area contributed by atoms with E-state index in [1.165, 1.54) is 5.57 Å². The number of rotatable bonds is 2. The van der Waals surface area contributed by atoms with Gasteiger partial charge in [-0.2, -0.15) is 11.8 Å². The average Bonchev–Trinajstić information content (AvgIpc) is 1.94. The lowest BCUT2D eigenvalue weighted by molar-refractivity contribution is 0.586. The molecule has 0 bridgehead atoms. The maximum atomic E-state index is 5.90. The predicted octanol–water partition coefficient (Wildman–Crippen LogP) is 1.95. The van der Waals surface area contributed by atoms with Gasteiger partial charge in [0.15, 0.2) is 0 Å². The third-order valence-electron chi connectivity index (χ3n) is 1.79. The molecule has 0 heterocycles. The first-order valence-electron chi connectivity index (χ1n) is 3.80. The first-order chi connectivity index (χ1) is 5.14. The highest BCUT2D eigenvalue weighted by Gasteiger charge is 2.15. The van der Waals surface area contributed by atoms with Crippen molar-refractivity contribution in [2.24, 2.45) is 5.73 Å². The molecule has 1 atom stereocenters. The molecule has 0 amide bonds. The lowest BCUT2D eigenvalue weighted by atomic mass is 9.92. The van der Waals surface area contributed by atoms with Crippen LogP contribution in [0.1, 0.15) is 13.3 Å².